The number of aryl methyl sites for hydroxylation is 1. The highest BCUT2D eigenvalue weighted by Crippen LogP contribution is 2.18. The van der Waals surface area contributed by atoms with Gasteiger partial charge in [-0.15, -0.1) is 0 Å². The van der Waals surface area contributed by atoms with Gasteiger partial charge in [0.25, 0.3) is 5.91 Å². The van der Waals surface area contributed by atoms with Gasteiger partial charge in [-0.1, -0.05) is 18.2 Å². The van der Waals surface area contributed by atoms with E-state index in [1.165, 1.54) is 0 Å². The van der Waals surface area contributed by atoms with E-state index in [4.69, 9.17) is 4.74 Å². The second-order valence-electron chi connectivity index (χ2n) is 5.24. The third kappa shape index (κ3) is 4.34. The van der Waals surface area contributed by atoms with E-state index in [9.17, 15) is 9.59 Å². The fraction of sp³-hybridized carbons (Fsp3) is 0.375. The Morgan fingerprint density at radius 1 is 1.29 bits per heavy atom. The van der Waals surface area contributed by atoms with E-state index in [-0.39, 0.29) is 30.9 Å². The molecule has 1 aromatic heterocycles. The number of para-hydroxylation sites is 1. The molecule has 5 nitrogen and oxygen atoms in total. The summed E-state index contributed by atoms with van der Waals surface area (Å²) in [4.78, 5) is 26.2. The highest BCUT2D eigenvalue weighted by Gasteiger charge is 2.10. The number of amides is 1. The highest BCUT2D eigenvalue weighted by molar-refractivity contribution is 5.84. The lowest BCUT2D eigenvalue weighted by Gasteiger charge is -2.08. The predicted octanol–water partition coefficient (Wildman–Crippen LogP) is 2.17. The van der Waals surface area contributed by atoms with Gasteiger partial charge in [-0.05, 0) is 31.9 Å². The van der Waals surface area contributed by atoms with E-state index in [1.807, 2.05) is 44.3 Å². The minimum absolute atomic E-state index is 0.0439. The van der Waals surface area contributed by atoms with E-state index in [2.05, 4.69) is 10.3 Å². The fourth-order valence-electron chi connectivity index (χ4n) is 2.16. The van der Waals surface area contributed by atoms with Gasteiger partial charge < -0.3 is 15.0 Å². The van der Waals surface area contributed by atoms with Gasteiger partial charge in [-0.2, -0.15) is 0 Å². The Balaban J connectivity index is 1.80. The monoisotopic (exact) mass is 288 g/mol. The summed E-state index contributed by atoms with van der Waals surface area (Å²) >= 11 is 0. The lowest BCUT2D eigenvalue weighted by atomic mass is 10.1. The molecule has 0 aliphatic heterocycles. The Labute approximate surface area is 123 Å². The number of aromatic amines is 1. The lowest BCUT2D eigenvalue weighted by Crippen LogP contribution is -2.34. The molecule has 2 N–H and O–H groups in total. The SMILES string of the molecule is CC(C)NC(=O)COC(=O)CCc1c[nH]c2ccccc12. The number of H-pyrrole nitrogens is 1. The van der Waals surface area contributed by atoms with Crippen LogP contribution in [0.15, 0.2) is 30.5 Å². The summed E-state index contributed by atoms with van der Waals surface area (Å²) in [6, 6.07) is 7.98. The molecular weight excluding hydrogens is 268 g/mol. The maximum Gasteiger partial charge on any atom is 0.306 e. The molecule has 0 radical (unpaired) electrons. The molecule has 1 heterocycles. The number of rotatable bonds is 6. The van der Waals surface area contributed by atoms with Crippen molar-refractivity contribution >= 4 is 22.8 Å². The van der Waals surface area contributed by atoms with Gasteiger partial charge in [0.2, 0.25) is 0 Å². The van der Waals surface area contributed by atoms with E-state index < -0.39 is 0 Å². The third-order valence-electron chi connectivity index (χ3n) is 3.09. The standard InChI is InChI=1S/C16H20N2O3/c1-11(2)18-15(19)10-21-16(20)8-7-12-9-17-14-6-4-3-5-13(12)14/h3-6,9,11,17H,7-8,10H2,1-2H3,(H,18,19). The third-order valence-corrected chi connectivity index (χ3v) is 3.09. The normalized spacial score (nSPS) is 10.8. The summed E-state index contributed by atoms with van der Waals surface area (Å²) in [5.74, 6) is -0.635. The first-order valence-corrected chi connectivity index (χ1v) is 7.06. The average molecular weight is 288 g/mol. The van der Waals surface area contributed by atoms with Crippen LogP contribution in [0.4, 0.5) is 0 Å². The summed E-state index contributed by atoms with van der Waals surface area (Å²) in [5, 5.41) is 3.78. The Kier molecular flexibility index (Phi) is 4.98. The molecule has 0 atom stereocenters. The van der Waals surface area contributed by atoms with E-state index >= 15 is 0 Å². The minimum Gasteiger partial charge on any atom is -0.456 e. The molecule has 1 amide bonds. The van der Waals surface area contributed by atoms with Gasteiger partial charge in [0, 0.05) is 29.6 Å². The number of hydrogen-bond donors (Lipinski definition) is 2. The molecule has 0 fully saturated rings. The average Bonchev–Trinajstić information content (AvgIpc) is 2.85. The number of fused-ring (bicyclic) bond motifs is 1. The van der Waals surface area contributed by atoms with Gasteiger partial charge in [0.1, 0.15) is 0 Å². The molecule has 0 aliphatic rings. The highest BCUT2D eigenvalue weighted by atomic mass is 16.5. The van der Waals surface area contributed by atoms with Crippen LogP contribution < -0.4 is 5.32 Å². The Morgan fingerprint density at radius 2 is 2.05 bits per heavy atom. The van der Waals surface area contributed by atoms with Crippen LogP contribution in [0.25, 0.3) is 10.9 Å². The van der Waals surface area contributed by atoms with Crippen LogP contribution in [0.3, 0.4) is 0 Å². The maximum atomic E-state index is 11.7. The summed E-state index contributed by atoms with van der Waals surface area (Å²) in [6.45, 7) is 3.50. The number of esters is 1. The first-order chi connectivity index (χ1) is 10.1. The molecule has 2 aromatic rings. The van der Waals surface area contributed by atoms with Gasteiger partial charge >= 0.3 is 5.97 Å². The van der Waals surface area contributed by atoms with Crippen LogP contribution in [-0.2, 0) is 20.7 Å². The molecule has 112 valence electrons. The number of aromatic nitrogens is 1. The van der Waals surface area contributed by atoms with Crippen LogP contribution >= 0.6 is 0 Å². The number of nitrogens with one attached hydrogen (secondary N) is 2. The van der Waals surface area contributed by atoms with Crippen molar-refractivity contribution in [3.8, 4) is 0 Å². The molecular formula is C16H20N2O3. The molecule has 0 unspecified atom stereocenters. The lowest BCUT2D eigenvalue weighted by molar-refractivity contribution is -0.148. The van der Waals surface area contributed by atoms with Gasteiger partial charge in [-0.25, -0.2) is 0 Å². The topological polar surface area (TPSA) is 71.2 Å². The van der Waals surface area contributed by atoms with Crippen molar-refractivity contribution in [1.29, 1.82) is 0 Å². The summed E-state index contributed by atoms with van der Waals surface area (Å²) in [5.41, 5.74) is 2.13. The summed E-state index contributed by atoms with van der Waals surface area (Å²) in [6.07, 6.45) is 2.76. The van der Waals surface area contributed by atoms with Crippen molar-refractivity contribution in [2.75, 3.05) is 6.61 Å². The molecule has 0 aliphatic carbocycles. The van der Waals surface area contributed by atoms with Crippen LogP contribution in [0, 0.1) is 0 Å². The number of carbonyl (C=O) groups excluding carboxylic acids is 2. The molecule has 1 aromatic carbocycles. The minimum atomic E-state index is -0.362. The van der Waals surface area contributed by atoms with Crippen LogP contribution in [0.5, 0.6) is 0 Å². The van der Waals surface area contributed by atoms with Crippen LogP contribution in [0.2, 0.25) is 0 Å². The molecule has 2 rings (SSSR count). The zero-order valence-corrected chi connectivity index (χ0v) is 12.3. The van der Waals surface area contributed by atoms with Crippen molar-refractivity contribution in [2.24, 2.45) is 0 Å². The second-order valence-corrected chi connectivity index (χ2v) is 5.24. The van der Waals surface area contributed by atoms with Gasteiger partial charge in [0.05, 0.1) is 0 Å². The number of benzene rings is 1. The zero-order chi connectivity index (χ0) is 15.2. The smallest absolute Gasteiger partial charge is 0.306 e. The van der Waals surface area contributed by atoms with E-state index in [0.29, 0.717) is 6.42 Å². The van der Waals surface area contributed by atoms with Crippen LogP contribution in [-0.4, -0.2) is 29.5 Å². The van der Waals surface area contributed by atoms with Gasteiger partial charge in [-0.3, -0.25) is 9.59 Å². The quantitative estimate of drug-likeness (QED) is 0.800. The van der Waals surface area contributed by atoms with Crippen molar-refractivity contribution in [2.45, 2.75) is 32.7 Å². The van der Waals surface area contributed by atoms with Crippen molar-refractivity contribution in [3.05, 3.63) is 36.0 Å². The fourth-order valence-corrected chi connectivity index (χ4v) is 2.16. The number of ether oxygens (including phenoxy) is 1. The molecule has 21 heavy (non-hydrogen) atoms. The maximum absolute atomic E-state index is 11.7. The first kappa shape index (κ1) is 15.1. The van der Waals surface area contributed by atoms with Gasteiger partial charge in [0.15, 0.2) is 6.61 Å². The first-order valence-electron chi connectivity index (χ1n) is 7.06. The summed E-state index contributed by atoms with van der Waals surface area (Å²) < 4.78 is 4.95. The van der Waals surface area contributed by atoms with Crippen molar-refractivity contribution in [3.63, 3.8) is 0 Å². The zero-order valence-electron chi connectivity index (χ0n) is 12.3. The van der Waals surface area contributed by atoms with Crippen molar-refractivity contribution < 1.29 is 14.3 Å². The van der Waals surface area contributed by atoms with Crippen molar-refractivity contribution in [1.82, 2.24) is 10.3 Å². The second kappa shape index (κ2) is 6.92. The number of carbonyl (C=O) groups is 2. The largest absolute Gasteiger partial charge is 0.456 e. The Hall–Kier alpha value is -2.30. The predicted molar refractivity (Wildman–Crippen MR) is 80.9 cm³/mol. The Bertz CT molecular complexity index is 631. The van der Waals surface area contributed by atoms with Crippen LogP contribution in [0.1, 0.15) is 25.8 Å². The molecule has 5 heteroatoms. The molecule has 0 saturated carbocycles. The molecule has 0 saturated heterocycles. The van der Waals surface area contributed by atoms with E-state index in [1.54, 1.807) is 0 Å². The number of hydrogen-bond acceptors (Lipinski definition) is 3. The molecule has 0 spiro atoms. The molecule has 0 bridgehead atoms. The summed E-state index contributed by atoms with van der Waals surface area (Å²) in [7, 11) is 0. The van der Waals surface area contributed by atoms with E-state index in [0.717, 1.165) is 16.5 Å². The Morgan fingerprint density at radius 3 is 2.81 bits per heavy atom.